The Kier molecular flexibility index (Phi) is 9.77. The highest BCUT2D eigenvalue weighted by Crippen LogP contribution is 2.52. The summed E-state index contributed by atoms with van der Waals surface area (Å²) in [5.74, 6) is 2.69. The van der Waals surface area contributed by atoms with Crippen LogP contribution in [0.25, 0.3) is 0 Å². The van der Waals surface area contributed by atoms with Gasteiger partial charge in [0.25, 0.3) is 0 Å². The maximum atomic E-state index is 14.1. The number of nitrogens with zero attached hydrogens (tertiary/aromatic N) is 2. The molecule has 12 nitrogen and oxygen atoms in total. The van der Waals surface area contributed by atoms with Gasteiger partial charge in [0.2, 0.25) is 0 Å². The summed E-state index contributed by atoms with van der Waals surface area (Å²) in [6.45, 7) is 5.30. The van der Waals surface area contributed by atoms with E-state index in [1.54, 1.807) is 32.0 Å². The van der Waals surface area contributed by atoms with E-state index in [1.807, 2.05) is 0 Å². The maximum Gasteiger partial charge on any atom is 0.530 e. The molecule has 0 aliphatic carbocycles. The molecule has 1 aliphatic rings. The number of aliphatic hydroxyl groups is 1. The number of carbonyl (C=O) groups is 1. The van der Waals surface area contributed by atoms with Gasteiger partial charge in [-0.1, -0.05) is 35.7 Å². The molecule has 1 aliphatic heterocycles. The Balaban J connectivity index is 1.88. The van der Waals surface area contributed by atoms with Crippen molar-refractivity contribution < 1.29 is 41.9 Å². The molecular weight excluding hydrogens is 560 g/mol. The fraction of sp³-hybridized carbons (Fsp3) is 0.458. The van der Waals surface area contributed by atoms with E-state index in [2.05, 4.69) is 16.8 Å². The number of phosphoric ester groups is 1. The van der Waals surface area contributed by atoms with Crippen LogP contribution >= 0.6 is 19.4 Å². The minimum Gasteiger partial charge on any atom is -0.461 e. The van der Waals surface area contributed by atoms with E-state index in [-0.39, 0.29) is 5.75 Å². The number of benzene rings is 1. The zero-order valence-electron chi connectivity index (χ0n) is 21.4. The number of ether oxygens (including phenoxy) is 2. The number of hydrogen-bond donors (Lipinski definition) is 2. The summed E-state index contributed by atoms with van der Waals surface area (Å²) in [6.07, 6.45) is -5.71. The number of aromatic nitrogens is 2. The van der Waals surface area contributed by atoms with Gasteiger partial charge in [-0.25, -0.2) is 18.5 Å². The van der Waals surface area contributed by atoms with Crippen LogP contribution in [-0.2, 0) is 27.9 Å². The van der Waals surface area contributed by atoms with Crippen LogP contribution < -0.4 is 15.9 Å². The fourth-order valence-electron chi connectivity index (χ4n) is 3.53. The van der Waals surface area contributed by atoms with E-state index >= 15 is 0 Å². The van der Waals surface area contributed by atoms with Gasteiger partial charge in [-0.3, -0.25) is 13.6 Å². The molecule has 1 saturated heterocycles. The summed E-state index contributed by atoms with van der Waals surface area (Å²) in [6, 6.07) is 7.85. The van der Waals surface area contributed by atoms with Crippen LogP contribution in [0.15, 0.2) is 41.3 Å². The smallest absolute Gasteiger partial charge is 0.461 e. The highest BCUT2D eigenvalue weighted by atomic mass is 35.5. The fourth-order valence-corrected chi connectivity index (χ4v) is 5.26. The van der Waals surface area contributed by atoms with Gasteiger partial charge >= 0.3 is 19.5 Å². The van der Waals surface area contributed by atoms with Crippen molar-refractivity contribution >= 4 is 31.2 Å². The Morgan fingerprint density at radius 1 is 1.36 bits per heavy atom. The molecule has 15 heteroatoms. The van der Waals surface area contributed by atoms with Crippen molar-refractivity contribution in [1.29, 1.82) is 0 Å². The maximum absolute atomic E-state index is 14.1. The second-order valence-electron chi connectivity index (χ2n) is 8.66. The molecule has 3 N–H and O–H groups in total. The van der Waals surface area contributed by atoms with Crippen molar-refractivity contribution in [3.05, 3.63) is 52.8 Å². The highest BCUT2D eigenvalue weighted by Gasteiger charge is 2.57. The van der Waals surface area contributed by atoms with Gasteiger partial charge in [0.05, 0.1) is 18.9 Å². The van der Waals surface area contributed by atoms with Crippen LogP contribution in [0.5, 0.6) is 5.75 Å². The number of rotatable bonds is 10. The average Bonchev–Trinajstić information content (AvgIpc) is 3.10. The lowest BCUT2D eigenvalue weighted by molar-refractivity contribution is -0.156. The summed E-state index contributed by atoms with van der Waals surface area (Å²) >= 11 is 6.60. The molecule has 0 radical (unpaired) electrons. The van der Waals surface area contributed by atoms with Crippen LogP contribution in [0.1, 0.15) is 33.9 Å². The van der Waals surface area contributed by atoms with E-state index in [9.17, 15) is 23.7 Å². The Hall–Kier alpha value is -2.98. The lowest BCUT2D eigenvalue weighted by Crippen LogP contribution is -2.43. The van der Waals surface area contributed by atoms with Crippen molar-refractivity contribution in [3.8, 4) is 17.6 Å². The zero-order chi connectivity index (χ0) is 29.0. The first kappa shape index (κ1) is 30.6. The summed E-state index contributed by atoms with van der Waals surface area (Å²) in [4.78, 5) is 26.1. The van der Waals surface area contributed by atoms with Crippen molar-refractivity contribution in [3.63, 3.8) is 0 Å². The quantitative estimate of drug-likeness (QED) is 0.182. The van der Waals surface area contributed by atoms with Crippen LogP contribution in [0.2, 0.25) is 0 Å². The number of nitrogen functional groups attached to an aromatic ring is 1. The Morgan fingerprint density at radius 3 is 2.64 bits per heavy atom. The predicted molar refractivity (Wildman–Crippen MR) is 137 cm³/mol. The summed E-state index contributed by atoms with van der Waals surface area (Å²) in [7, 11) is -4.57. The lowest BCUT2D eigenvalue weighted by Gasteiger charge is -2.25. The minimum absolute atomic E-state index is 0.0922. The number of halogens is 2. The number of hydrogen-bond acceptors (Lipinski definition) is 11. The summed E-state index contributed by atoms with van der Waals surface area (Å²) in [5, 5.41) is 11.0. The van der Waals surface area contributed by atoms with Crippen molar-refractivity contribution in [2.24, 2.45) is 0 Å². The van der Waals surface area contributed by atoms with E-state index in [1.165, 1.54) is 26.0 Å². The molecule has 0 saturated carbocycles. The summed E-state index contributed by atoms with van der Waals surface area (Å²) < 4.78 is 55.6. The third-order valence-electron chi connectivity index (χ3n) is 5.28. The second-order valence-corrected chi connectivity index (χ2v) is 10.8. The third-order valence-corrected chi connectivity index (χ3v) is 7.26. The topological polar surface area (TPSA) is 161 Å². The molecular formula is C24H28ClFN3O9P. The van der Waals surface area contributed by atoms with E-state index in [0.717, 1.165) is 0 Å². The van der Waals surface area contributed by atoms with Crippen molar-refractivity contribution in [2.75, 3.05) is 12.3 Å². The number of nitrogens with two attached hydrogens (primary N) is 1. The molecule has 0 bridgehead atoms. The molecule has 2 heterocycles. The first-order valence-corrected chi connectivity index (χ1v) is 13.5. The molecule has 1 aromatic carbocycles. The number of aliphatic hydroxyl groups excluding tert-OH is 1. The van der Waals surface area contributed by atoms with Crippen LogP contribution in [0.4, 0.5) is 10.2 Å². The van der Waals surface area contributed by atoms with Crippen LogP contribution in [-0.4, -0.2) is 56.5 Å². The van der Waals surface area contributed by atoms with Crippen molar-refractivity contribution in [1.82, 2.24) is 9.55 Å². The van der Waals surface area contributed by atoms with Crippen LogP contribution in [0.3, 0.4) is 0 Å². The molecule has 39 heavy (non-hydrogen) atoms. The highest BCUT2D eigenvalue weighted by molar-refractivity contribution is 7.49. The number of carbonyl (C=O) groups excluding carboxylic acids is 1. The standard InChI is InChI=1S/C24H28ClFN3O9P/c1-5-11-24(25)19(30)18(36-22(24)29-12-17(26)20(27)28-23(29)32)13-34-39(33,38-16-9-7-6-8-10-16)37-15(4)21(31)35-14(2)3/h6-10,12,14-15,18-19,22,30H,13H2,1-4H3,(H2,27,28,32)/t15-,18+,19-,22+,24?,39-/m0/s1. The van der Waals surface area contributed by atoms with Gasteiger partial charge in [-0.05, 0) is 39.8 Å². The van der Waals surface area contributed by atoms with Crippen LogP contribution in [0, 0.1) is 17.7 Å². The largest absolute Gasteiger partial charge is 0.530 e. The average molecular weight is 588 g/mol. The Bertz CT molecular complexity index is 1350. The number of esters is 1. The Morgan fingerprint density at radius 2 is 2.03 bits per heavy atom. The molecule has 0 amide bonds. The normalized spacial score (nSPS) is 24.9. The van der Waals surface area contributed by atoms with Gasteiger partial charge in [-0.2, -0.15) is 4.98 Å². The number of alkyl halides is 1. The van der Waals surface area contributed by atoms with Crippen molar-refractivity contribution in [2.45, 2.75) is 63.2 Å². The van der Waals surface area contributed by atoms with Gasteiger partial charge in [0.1, 0.15) is 18.0 Å². The third kappa shape index (κ3) is 7.16. The molecule has 212 valence electrons. The molecule has 0 spiro atoms. The second kappa shape index (κ2) is 12.5. The van der Waals surface area contributed by atoms with Gasteiger partial charge in [0, 0.05) is 0 Å². The minimum atomic E-state index is -4.57. The number of para-hydroxylation sites is 1. The summed E-state index contributed by atoms with van der Waals surface area (Å²) in [5.41, 5.74) is 4.33. The molecule has 3 rings (SSSR count). The zero-order valence-corrected chi connectivity index (χ0v) is 23.1. The SMILES string of the molecule is CC#CC1(Cl)[C@@H](O)[C@@H](CO[P@](=O)(Oc2ccccc2)O[C@@H](C)C(=O)OC(C)C)O[C@H]1n1cc(F)c(N)nc1=O. The predicted octanol–water partition coefficient (Wildman–Crippen LogP) is 2.78. The van der Waals surface area contributed by atoms with E-state index in [0.29, 0.717) is 10.8 Å². The Labute approximate surface area is 228 Å². The van der Waals surface area contributed by atoms with Gasteiger partial charge < -0.3 is 24.8 Å². The molecule has 1 unspecified atom stereocenters. The molecule has 2 aromatic rings. The first-order chi connectivity index (χ1) is 18.3. The molecule has 6 atom stereocenters. The lowest BCUT2D eigenvalue weighted by atomic mass is 9.99. The van der Waals surface area contributed by atoms with Gasteiger partial charge in [-0.15, -0.1) is 5.92 Å². The first-order valence-electron chi connectivity index (χ1n) is 11.7. The number of phosphoric acid groups is 1. The monoisotopic (exact) mass is 587 g/mol. The molecule has 1 aromatic heterocycles. The van der Waals surface area contributed by atoms with Gasteiger partial charge in [0.15, 0.2) is 28.8 Å². The number of anilines is 1. The molecule has 1 fully saturated rings. The van der Waals surface area contributed by atoms with E-state index in [4.69, 9.17) is 40.4 Å². The van der Waals surface area contributed by atoms with E-state index < -0.39 is 73.2 Å².